The van der Waals surface area contributed by atoms with E-state index in [1.165, 1.54) is 5.56 Å². The van der Waals surface area contributed by atoms with Crippen molar-refractivity contribution in [1.29, 1.82) is 0 Å². The standard InChI is InChI=1S/C17H21NO2/c1-4-13-8-10-14(11-9-13)20-16-7-5-6-15(19-3)17(16)12(2)18/h5-12H,4,18H2,1-3H3. The van der Waals surface area contributed by atoms with Crippen molar-refractivity contribution in [2.24, 2.45) is 5.73 Å². The van der Waals surface area contributed by atoms with Crippen LogP contribution in [0.1, 0.15) is 31.0 Å². The van der Waals surface area contributed by atoms with Gasteiger partial charge in [0.25, 0.3) is 0 Å². The van der Waals surface area contributed by atoms with Crippen LogP contribution in [0.2, 0.25) is 0 Å². The molecule has 106 valence electrons. The molecule has 0 radical (unpaired) electrons. The summed E-state index contributed by atoms with van der Waals surface area (Å²) in [4.78, 5) is 0. The van der Waals surface area contributed by atoms with Crippen molar-refractivity contribution in [3.63, 3.8) is 0 Å². The minimum Gasteiger partial charge on any atom is -0.496 e. The number of hydrogen-bond donors (Lipinski definition) is 1. The van der Waals surface area contributed by atoms with Crippen molar-refractivity contribution in [2.45, 2.75) is 26.3 Å². The fourth-order valence-electron chi connectivity index (χ4n) is 2.16. The first-order valence-electron chi connectivity index (χ1n) is 6.85. The summed E-state index contributed by atoms with van der Waals surface area (Å²) in [5, 5.41) is 0. The van der Waals surface area contributed by atoms with Crippen LogP contribution in [-0.2, 0) is 6.42 Å². The molecule has 0 aliphatic rings. The van der Waals surface area contributed by atoms with Crippen molar-refractivity contribution in [2.75, 3.05) is 7.11 Å². The average molecular weight is 271 g/mol. The molecule has 1 unspecified atom stereocenters. The summed E-state index contributed by atoms with van der Waals surface area (Å²) in [6.45, 7) is 4.05. The molecule has 0 bridgehead atoms. The lowest BCUT2D eigenvalue weighted by molar-refractivity contribution is 0.397. The van der Waals surface area contributed by atoms with Gasteiger partial charge < -0.3 is 15.2 Å². The Labute approximate surface area is 120 Å². The molecule has 3 heteroatoms. The molecule has 3 nitrogen and oxygen atoms in total. The lowest BCUT2D eigenvalue weighted by atomic mass is 10.1. The topological polar surface area (TPSA) is 44.5 Å². The predicted molar refractivity (Wildman–Crippen MR) is 81.5 cm³/mol. The van der Waals surface area contributed by atoms with Crippen molar-refractivity contribution in [3.8, 4) is 17.2 Å². The number of nitrogens with two attached hydrogens (primary N) is 1. The molecular weight excluding hydrogens is 250 g/mol. The Balaban J connectivity index is 2.32. The molecule has 2 aromatic carbocycles. The molecular formula is C17H21NO2. The number of aryl methyl sites for hydroxylation is 1. The molecule has 0 saturated heterocycles. The van der Waals surface area contributed by atoms with Gasteiger partial charge in [0.1, 0.15) is 17.2 Å². The zero-order chi connectivity index (χ0) is 14.5. The quantitative estimate of drug-likeness (QED) is 0.891. The van der Waals surface area contributed by atoms with Crippen LogP contribution in [0, 0.1) is 0 Å². The second kappa shape index (κ2) is 6.44. The predicted octanol–water partition coefficient (Wildman–Crippen LogP) is 4.07. The number of ether oxygens (including phenoxy) is 2. The van der Waals surface area contributed by atoms with Gasteiger partial charge in [0.05, 0.1) is 12.7 Å². The molecule has 0 heterocycles. The fourth-order valence-corrected chi connectivity index (χ4v) is 2.16. The Bertz CT molecular complexity index is 562. The van der Waals surface area contributed by atoms with Gasteiger partial charge in [-0.15, -0.1) is 0 Å². The van der Waals surface area contributed by atoms with Crippen LogP contribution in [0.15, 0.2) is 42.5 Å². The van der Waals surface area contributed by atoms with Crippen LogP contribution in [0.5, 0.6) is 17.2 Å². The van der Waals surface area contributed by atoms with Gasteiger partial charge in [-0.1, -0.05) is 25.1 Å². The summed E-state index contributed by atoms with van der Waals surface area (Å²) in [6, 6.07) is 13.6. The zero-order valence-electron chi connectivity index (χ0n) is 12.2. The molecule has 2 aromatic rings. The highest BCUT2D eigenvalue weighted by molar-refractivity contribution is 5.48. The molecule has 2 N–H and O–H groups in total. The van der Waals surface area contributed by atoms with E-state index in [0.717, 1.165) is 29.2 Å². The largest absolute Gasteiger partial charge is 0.496 e. The molecule has 0 amide bonds. The number of hydrogen-bond acceptors (Lipinski definition) is 3. The van der Waals surface area contributed by atoms with E-state index in [-0.39, 0.29) is 6.04 Å². The van der Waals surface area contributed by atoms with Gasteiger partial charge in [-0.25, -0.2) is 0 Å². The van der Waals surface area contributed by atoms with Gasteiger partial charge in [-0.2, -0.15) is 0 Å². The summed E-state index contributed by atoms with van der Waals surface area (Å²) < 4.78 is 11.3. The van der Waals surface area contributed by atoms with E-state index in [0.29, 0.717) is 0 Å². The Morgan fingerprint density at radius 3 is 2.25 bits per heavy atom. The molecule has 0 aliphatic carbocycles. The van der Waals surface area contributed by atoms with E-state index in [9.17, 15) is 0 Å². The molecule has 0 aromatic heterocycles. The monoisotopic (exact) mass is 271 g/mol. The Hall–Kier alpha value is -2.00. The van der Waals surface area contributed by atoms with E-state index < -0.39 is 0 Å². The molecule has 0 fully saturated rings. The maximum Gasteiger partial charge on any atom is 0.135 e. The molecule has 0 aliphatic heterocycles. The van der Waals surface area contributed by atoms with Gasteiger partial charge in [0.15, 0.2) is 0 Å². The second-order valence-electron chi connectivity index (χ2n) is 4.76. The number of rotatable bonds is 5. The highest BCUT2D eigenvalue weighted by Gasteiger charge is 2.14. The first kappa shape index (κ1) is 14.4. The number of benzene rings is 2. The third-order valence-corrected chi connectivity index (χ3v) is 3.26. The van der Waals surface area contributed by atoms with E-state index in [4.69, 9.17) is 15.2 Å². The summed E-state index contributed by atoms with van der Waals surface area (Å²) in [7, 11) is 1.64. The van der Waals surface area contributed by atoms with Crippen LogP contribution in [0.4, 0.5) is 0 Å². The first-order chi connectivity index (χ1) is 9.65. The minimum absolute atomic E-state index is 0.156. The van der Waals surface area contributed by atoms with Gasteiger partial charge in [-0.05, 0) is 43.2 Å². The lowest BCUT2D eigenvalue weighted by Crippen LogP contribution is -2.08. The van der Waals surface area contributed by atoms with Crippen molar-refractivity contribution in [3.05, 3.63) is 53.6 Å². The Morgan fingerprint density at radius 1 is 1.05 bits per heavy atom. The van der Waals surface area contributed by atoms with Gasteiger partial charge in [0, 0.05) is 6.04 Å². The fraction of sp³-hybridized carbons (Fsp3) is 0.294. The third-order valence-electron chi connectivity index (χ3n) is 3.26. The maximum atomic E-state index is 6.03. The Kier molecular flexibility index (Phi) is 4.64. The van der Waals surface area contributed by atoms with Crippen LogP contribution in [0.25, 0.3) is 0 Å². The highest BCUT2D eigenvalue weighted by Crippen LogP contribution is 2.35. The third kappa shape index (κ3) is 3.11. The van der Waals surface area contributed by atoms with E-state index in [1.807, 2.05) is 37.3 Å². The smallest absolute Gasteiger partial charge is 0.135 e. The van der Waals surface area contributed by atoms with Crippen molar-refractivity contribution in [1.82, 2.24) is 0 Å². The van der Waals surface area contributed by atoms with Gasteiger partial charge in [0.2, 0.25) is 0 Å². The summed E-state index contributed by atoms with van der Waals surface area (Å²) in [5.41, 5.74) is 8.20. The maximum absolute atomic E-state index is 6.03. The van der Waals surface area contributed by atoms with Crippen molar-refractivity contribution >= 4 is 0 Å². The molecule has 20 heavy (non-hydrogen) atoms. The van der Waals surface area contributed by atoms with E-state index in [2.05, 4.69) is 19.1 Å². The summed E-state index contributed by atoms with van der Waals surface area (Å²) in [6.07, 6.45) is 1.02. The SMILES string of the molecule is CCc1ccc(Oc2cccc(OC)c2C(C)N)cc1. The van der Waals surface area contributed by atoms with Crippen LogP contribution >= 0.6 is 0 Å². The van der Waals surface area contributed by atoms with Crippen molar-refractivity contribution < 1.29 is 9.47 Å². The molecule has 0 spiro atoms. The zero-order valence-corrected chi connectivity index (χ0v) is 12.2. The van der Waals surface area contributed by atoms with Crippen LogP contribution < -0.4 is 15.2 Å². The van der Waals surface area contributed by atoms with Crippen LogP contribution in [0.3, 0.4) is 0 Å². The lowest BCUT2D eigenvalue weighted by Gasteiger charge is -2.17. The number of methoxy groups -OCH3 is 1. The average Bonchev–Trinajstić information content (AvgIpc) is 2.47. The molecule has 1 atom stereocenters. The minimum atomic E-state index is -0.156. The van der Waals surface area contributed by atoms with Gasteiger partial charge in [-0.3, -0.25) is 0 Å². The van der Waals surface area contributed by atoms with E-state index >= 15 is 0 Å². The molecule has 2 rings (SSSR count). The summed E-state index contributed by atoms with van der Waals surface area (Å²) in [5.74, 6) is 2.30. The second-order valence-corrected chi connectivity index (χ2v) is 4.76. The molecule has 0 saturated carbocycles. The van der Waals surface area contributed by atoms with E-state index in [1.54, 1.807) is 7.11 Å². The van der Waals surface area contributed by atoms with Gasteiger partial charge >= 0.3 is 0 Å². The van der Waals surface area contributed by atoms with Crippen LogP contribution in [-0.4, -0.2) is 7.11 Å². The normalized spacial score (nSPS) is 12.0. The first-order valence-corrected chi connectivity index (χ1v) is 6.85. The Morgan fingerprint density at radius 2 is 1.70 bits per heavy atom. The highest BCUT2D eigenvalue weighted by atomic mass is 16.5. The summed E-state index contributed by atoms with van der Waals surface area (Å²) >= 11 is 0.